The van der Waals surface area contributed by atoms with E-state index in [-0.39, 0.29) is 0 Å². The van der Waals surface area contributed by atoms with Crippen LogP contribution >= 0.6 is 0 Å². The lowest BCUT2D eigenvalue weighted by molar-refractivity contribution is 0.391. The van der Waals surface area contributed by atoms with Gasteiger partial charge in [0.1, 0.15) is 5.76 Å². The summed E-state index contributed by atoms with van der Waals surface area (Å²) in [5.41, 5.74) is 6.75. The third kappa shape index (κ3) is 12.0. The number of nitrogens with two attached hydrogens (primary N) is 1. The Morgan fingerprint density at radius 2 is 1.79 bits per heavy atom. The molecule has 2 N–H and O–H groups in total. The fourth-order valence-electron chi connectivity index (χ4n) is 1.60. The topological polar surface area (TPSA) is 42.4 Å². The quantitative estimate of drug-likeness (QED) is 0.767. The molecule has 3 heteroatoms. The van der Waals surface area contributed by atoms with Crippen LogP contribution in [0.1, 0.15) is 51.4 Å². The molecule has 0 spiro atoms. The molecule has 3 nitrogen and oxygen atoms in total. The van der Waals surface area contributed by atoms with Gasteiger partial charge in [-0.05, 0) is 57.5 Å². The lowest BCUT2D eigenvalue weighted by atomic mass is 10.1. The first-order valence-corrected chi connectivity index (χ1v) is 7.36. The number of hydrogen-bond acceptors (Lipinski definition) is 3. The third-order valence-corrected chi connectivity index (χ3v) is 2.48. The van der Waals surface area contributed by atoms with Crippen molar-refractivity contribution in [2.45, 2.75) is 53.0 Å². The standard InChI is InChI=1S/C12H22N2O.C4H10/c1-14(2)7-5-3-4-6-11-8-12(9-13)15-10-11;1-4(2)3/h8,10H,3-7,9,13H2,1-2H3;4H,1-3H3. The van der Waals surface area contributed by atoms with Crippen molar-refractivity contribution in [3.63, 3.8) is 0 Å². The molecular weight excluding hydrogens is 236 g/mol. The molecule has 1 aromatic heterocycles. The smallest absolute Gasteiger partial charge is 0.117 e. The van der Waals surface area contributed by atoms with Crippen LogP contribution in [0.3, 0.4) is 0 Å². The molecule has 0 saturated heterocycles. The predicted octanol–water partition coefficient (Wildman–Crippen LogP) is 3.68. The van der Waals surface area contributed by atoms with Crippen LogP contribution in [-0.4, -0.2) is 25.5 Å². The maximum Gasteiger partial charge on any atom is 0.117 e. The van der Waals surface area contributed by atoms with Gasteiger partial charge in [-0.25, -0.2) is 0 Å². The second-order valence-electron chi connectivity index (χ2n) is 5.97. The van der Waals surface area contributed by atoms with Gasteiger partial charge < -0.3 is 15.1 Å². The second-order valence-corrected chi connectivity index (χ2v) is 5.97. The van der Waals surface area contributed by atoms with Gasteiger partial charge in [0.2, 0.25) is 0 Å². The van der Waals surface area contributed by atoms with E-state index in [0.29, 0.717) is 6.54 Å². The Kier molecular flexibility index (Phi) is 10.6. The van der Waals surface area contributed by atoms with Gasteiger partial charge in [-0.15, -0.1) is 0 Å². The molecule has 112 valence electrons. The van der Waals surface area contributed by atoms with Crippen molar-refractivity contribution in [1.29, 1.82) is 0 Å². The Morgan fingerprint density at radius 1 is 1.16 bits per heavy atom. The Hall–Kier alpha value is -0.800. The highest BCUT2D eigenvalue weighted by Crippen LogP contribution is 2.11. The highest BCUT2D eigenvalue weighted by atomic mass is 16.3. The second kappa shape index (κ2) is 11.1. The summed E-state index contributed by atoms with van der Waals surface area (Å²) in [6.45, 7) is 8.18. The van der Waals surface area contributed by atoms with E-state index in [1.165, 1.54) is 31.4 Å². The molecular formula is C16H32N2O. The van der Waals surface area contributed by atoms with Crippen LogP contribution in [0, 0.1) is 5.92 Å². The molecule has 0 unspecified atom stereocenters. The monoisotopic (exact) mass is 268 g/mol. The van der Waals surface area contributed by atoms with E-state index in [1.54, 1.807) is 0 Å². The summed E-state index contributed by atoms with van der Waals surface area (Å²) in [6, 6.07) is 2.06. The van der Waals surface area contributed by atoms with Crippen LogP contribution in [-0.2, 0) is 13.0 Å². The molecule has 1 rings (SSSR count). The minimum atomic E-state index is 0.501. The Bertz CT molecular complexity index is 303. The van der Waals surface area contributed by atoms with E-state index in [1.807, 2.05) is 6.26 Å². The van der Waals surface area contributed by atoms with E-state index in [9.17, 15) is 0 Å². The third-order valence-electron chi connectivity index (χ3n) is 2.48. The van der Waals surface area contributed by atoms with Crippen molar-refractivity contribution in [2.75, 3.05) is 20.6 Å². The largest absolute Gasteiger partial charge is 0.468 e. The fraction of sp³-hybridized carbons (Fsp3) is 0.750. The molecule has 1 heterocycles. The van der Waals surface area contributed by atoms with Gasteiger partial charge in [0.05, 0.1) is 12.8 Å². The SMILES string of the molecule is CC(C)C.CN(C)CCCCCc1coc(CN)c1. The molecule has 0 atom stereocenters. The number of nitrogens with zero attached hydrogens (tertiary/aromatic N) is 1. The molecule has 0 radical (unpaired) electrons. The predicted molar refractivity (Wildman–Crippen MR) is 83.2 cm³/mol. The van der Waals surface area contributed by atoms with Gasteiger partial charge in [-0.2, -0.15) is 0 Å². The van der Waals surface area contributed by atoms with Crippen LogP contribution in [0.2, 0.25) is 0 Å². The van der Waals surface area contributed by atoms with Gasteiger partial charge in [-0.3, -0.25) is 0 Å². The average molecular weight is 268 g/mol. The van der Waals surface area contributed by atoms with Crippen LogP contribution < -0.4 is 5.73 Å². The van der Waals surface area contributed by atoms with Crippen molar-refractivity contribution in [3.05, 3.63) is 23.7 Å². The van der Waals surface area contributed by atoms with Crippen molar-refractivity contribution < 1.29 is 4.42 Å². The van der Waals surface area contributed by atoms with Gasteiger partial charge in [0.15, 0.2) is 0 Å². The fourth-order valence-corrected chi connectivity index (χ4v) is 1.60. The highest BCUT2D eigenvalue weighted by Gasteiger charge is 1.99. The van der Waals surface area contributed by atoms with E-state index in [0.717, 1.165) is 18.1 Å². The normalized spacial score (nSPS) is 10.7. The first-order valence-electron chi connectivity index (χ1n) is 7.36. The van der Waals surface area contributed by atoms with Crippen molar-refractivity contribution in [3.8, 4) is 0 Å². The summed E-state index contributed by atoms with van der Waals surface area (Å²) in [5, 5.41) is 0. The van der Waals surface area contributed by atoms with Crippen molar-refractivity contribution in [2.24, 2.45) is 11.7 Å². The van der Waals surface area contributed by atoms with E-state index in [4.69, 9.17) is 10.2 Å². The first kappa shape index (κ1) is 18.2. The van der Waals surface area contributed by atoms with Gasteiger partial charge in [-0.1, -0.05) is 27.2 Å². The van der Waals surface area contributed by atoms with Crippen molar-refractivity contribution in [1.82, 2.24) is 4.90 Å². The summed E-state index contributed by atoms with van der Waals surface area (Å²) in [5.74, 6) is 1.72. The summed E-state index contributed by atoms with van der Waals surface area (Å²) in [7, 11) is 4.23. The molecule has 0 fully saturated rings. The summed E-state index contributed by atoms with van der Waals surface area (Å²) in [6.07, 6.45) is 6.72. The molecule has 0 aliphatic heterocycles. The zero-order valence-corrected chi connectivity index (χ0v) is 13.4. The lowest BCUT2D eigenvalue weighted by Gasteiger charge is -2.07. The van der Waals surface area contributed by atoms with Gasteiger partial charge in [0.25, 0.3) is 0 Å². The summed E-state index contributed by atoms with van der Waals surface area (Å²) in [4.78, 5) is 2.23. The molecule has 1 aromatic rings. The number of hydrogen-bond donors (Lipinski definition) is 1. The Balaban J connectivity index is 0.000000711. The van der Waals surface area contributed by atoms with E-state index < -0.39 is 0 Å². The van der Waals surface area contributed by atoms with E-state index >= 15 is 0 Å². The van der Waals surface area contributed by atoms with Crippen LogP contribution in [0.15, 0.2) is 16.7 Å². The molecule has 19 heavy (non-hydrogen) atoms. The van der Waals surface area contributed by atoms with E-state index in [2.05, 4.69) is 45.8 Å². The molecule has 0 aliphatic rings. The van der Waals surface area contributed by atoms with Gasteiger partial charge >= 0.3 is 0 Å². The zero-order chi connectivity index (χ0) is 14.7. The Morgan fingerprint density at radius 3 is 2.26 bits per heavy atom. The average Bonchev–Trinajstić information content (AvgIpc) is 2.75. The van der Waals surface area contributed by atoms with Crippen LogP contribution in [0.5, 0.6) is 0 Å². The lowest BCUT2D eigenvalue weighted by Crippen LogP contribution is -2.12. The Labute approximate surface area is 119 Å². The maximum absolute atomic E-state index is 5.47. The molecule has 0 bridgehead atoms. The minimum absolute atomic E-state index is 0.501. The number of furan rings is 1. The molecule has 0 saturated carbocycles. The summed E-state index contributed by atoms with van der Waals surface area (Å²) < 4.78 is 5.28. The van der Waals surface area contributed by atoms with Crippen molar-refractivity contribution >= 4 is 0 Å². The van der Waals surface area contributed by atoms with Crippen LogP contribution in [0.4, 0.5) is 0 Å². The molecule has 0 aromatic carbocycles. The number of unbranched alkanes of at least 4 members (excludes halogenated alkanes) is 2. The number of aryl methyl sites for hydroxylation is 1. The van der Waals surface area contributed by atoms with Gasteiger partial charge in [0, 0.05) is 0 Å². The first-order chi connectivity index (χ1) is 8.95. The number of rotatable bonds is 7. The maximum atomic E-state index is 5.47. The minimum Gasteiger partial charge on any atom is -0.468 e. The highest BCUT2D eigenvalue weighted by molar-refractivity contribution is 5.12. The molecule has 0 amide bonds. The molecule has 0 aliphatic carbocycles. The summed E-state index contributed by atoms with van der Waals surface area (Å²) >= 11 is 0. The van der Waals surface area contributed by atoms with Crippen LogP contribution in [0.25, 0.3) is 0 Å². The zero-order valence-electron chi connectivity index (χ0n) is 13.4.